The molecule has 0 spiro atoms. The molecule has 2 heterocycles. The van der Waals surface area contributed by atoms with E-state index in [-0.39, 0.29) is 11.9 Å². The molecule has 20 heavy (non-hydrogen) atoms. The summed E-state index contributed by atoms with van der Waals surface area (Å²) in [5, 5.41) is 0. The SMILES string of the molecule is CCC1COC(C)CN1CCC(=O)c1ccc(F)cn1. The number of morpholine rings is 1. The molecule has 2 atom stereocenters. The summed E-state index contributed by atoms with van der Waals surface area (Å²) >= 11 is 0. The largest absolute Gasteiger partial charge is 0.376 e. The highest BCUT2D eigenvalue weighted by atomic mass is 19.1. The highest BCUT2D eigenvalue weighted by Crippen LogP contribution is 2.15. The van der Waals surface area contributed by atoms with Gasteiger partial charge in [0.2, 0.25) is 0 Å². The molecule has 0 aliphatic carbocycles. The summed E-state index contributed by atoms with van der Waals surface area (Å²) in [5.41, 5.74) is 0.334. The van der Waals surface area contributed by atoms with Crippen LogP contribution in [-0.4, -0.2) is 47.5 Å². The molecule has 110 valence electrons. The first-order valence-corrected chi connectivity index (χ1v) is 7.10. The first kappa shape index (κ1) is 15.1. The minimum Gasteiger partial charge on any atom is -0.376 e. The van der Waals surface area contributed by atoms with Crippen LogP contribution in [0.3, 0.4) is 0 Å². The summed E-state index contributed by atoms with van der Waals surface area (Å²) in [7, 11) is 0. The predicted octanol–water partition coefficient (Wildman–Crippen LogP) is 2.29. The molecule has 0 amide bonds. The van der Waals surface area contributed by atoms with Gasteiger partial charge in [-0.2, -0.15) is 0 Å². The Labute approximate surface area is 118 Å². The molecule has 1 saturated heterocycles. The summed E-state index contributed by atoms with van der Waals surface area (Å²) in [5.74, 6) is -0.464. The molecule has 2 unspecified atom stereocenters. The predicted molar refractivity (Wildman–Crippen MR) is 74.2 cm³/mol. The zero-order valence-corrected chi connectivity index (χ0v) is 12.0. The number of aromatic nitrogens is 1. The number of halogens is 1. The third-order valence-electron chi connectivity index (χ3n) is 3.69. The molecule has 1 aliphatic rings. The van der Waals surface area contributed by atoms with Gasteiger partial charge >= 0.3 is 0 Å². The van der Waals surface area contributed by atoms with Crippen LogP contribution in [0.4, 0.5) is 4.39 Å². The van der Waals surface area contributed by atoms with Crippen LogP contribution < -0.4 is 0 Å². The number of carbonyl (C=O) groups excluding carboxylic acids is 1. The summed E-state index contributed by atoms with van der Waals surface area (Å²) in [4.78, 5) is 18.2. The van der Waals surface area contributed by atoms with Crippen molar-refractivity contribution < 1.29 is 13.9 Å². The molecule has 5 heteroatoms. The molecule has 0 radical (unpaired) electrons. The Morgan fingerprint density at radius 3 is 3.00 bits per heavy atom. The molecule has 0 bridgehead atoms. The average Bonchev–Trinajstić information content (AvgIpc) is 2.45. The van der Waals surface area contributed by atoms with E-state index >= 15 is 0 Å². The van der Waals surface area contributed by atoms with E-state index in [1.54, 1.807) is 0 Å². The normalized spacial score (nSPS) is 23.8. The fourth-order valence-electron chi connectivity index (χ4n) is 2.48. The second-order valence-electron chi connectivity index (χ2n) is 5.24. The number of nitrogens with zero attached hydrogens (tertiary/aromatic N) is 2. The smallest absolute Gasteiger partial charge is 0.182 e. The highest BCUT2D eigenvalue weighted by molar-refractivity contribution is 5.94. The summed E-state index contributed by atoms with van der Waals surface area (Å²) < 4.78 is 18.4. The van der Waals surface area contributed by atoms with Crippen LogP contribution in [0.2, 0.25) is 0 Å². The summed E-state index contributed by atoms with van der Waals surface area (Å²) in [6.45, 7) is 6.44. The average molecular weight is 280 g/mol. The first-order chi connectivity index (χ1) is 9.60. The number of Topliss-reactive ketones (excluding diaryl/α,β-unsaturated/α-hetero) is 1. The van der Waals surface area contributed by atoms with Gasteiger partial charge in [-0.3, -0.25) is 14.7 Å². The molecule has 0 aromatic carbocycles. The fourth-order valence-corrected chi connectivity index (χ4v) is 2.48. The van der Waals surface area contributed by atoms with E-state index in [0.29, 0.717) is 24.7 Å². The number of carbonyl (C=O) groups is 1. The summed E-state index contributed by atoms with van der Waals surface area (Å²) in [6.07, 6.45) is 2.70. The van der Waals surface area contributed by atoms with Gasteiger partial charge in [-0.1, -0.05) is 6.92 Å². The van der Waals surface area contributed by atoms with Gasteiger partial charge in [-0.05, 0) is 25.5 Å². The molecule has 1 aliphatic heterocycles. The lowest BCUT2D eigenvalue weighted by molar-refractivity contribution is -0.0553. The van der Waals surface area contributed by atoms with Gasteiger partial charge in [0.1, 0.15) is 11.5 Å². The van der Waals surface area contributed by atoms with Crippen molar-refractivity contribution in [3.63, 3.8) is 0 Å². The van der Waals surface area contributed by atoms with Crippen LogP contribution in [0.1, 0.15) is 37.2 Å². The third-order valence-corrected chi connectivity index (χ3v) is 3.69. The highest BCUT2D eigenvalue weighted by Gasteiger charge is 2.25. The molecular weight excluding hydrogens is 259 g/mol. The van der Waals surface area contributed by atoms with Crippen molar-refractivity contribution in [1.82, 2.24) is 9.88 Å². The Morgan fingerprint density at radius 2 is 2.35 bits per heavy atom. The van der Waals surface area contributed by atoms with E-state index in [0.717, 1.165) is 25.8 Å². The zero-order chi connectivity index (χ0) is 14.5. The van der Waals surface area contributed by atoms with E-state index < -0.39 is 5.82 Å². The van der Waals surface area contributed by atoms with Crippen molar-refractivity contribution in [2.45, 2.75) is 38.8 Å². The summed E-state index contributed by atoms with van der Waals surface area (Å²) in [6, 6.07) is 3.09. The number of ketones is 1. The molecule has 0 N–H and O–H groups in total. The monoisotopic (exact) mass is 280 g/mol. The Hall–Kier alpha value is -1.33. The second kappa shape index (κ2) is 6.90. The van der Waals surface area contributed by atoms with E-state index in [4.69, 9.17) is 4.74 Å². The van der Waals surface area contributed by atoms with E-state index in [9.17, 15) is 9.18 Å². The maximum atomic E-state index is 12.8. The van der Waals surface area contributed by atoms with Gasteiger partial charge in [-0.25, -0.2) is 4.39 Å². The minimum absolute atomic E-state index is 0.0426. The molecule has 1 fully saturated rings. The minimum atomic E-state index is -0.422. The number of rotatable bonds is 5. The van der Waals surface area contributed by atoms with E-state index in [1.807, 2.05) is 6.92 Å². The van der Waals surface area contributed by atoms with Crippen molar-refractivity contribution in [1.29, 1.82) is 0 Å². The maximum absolute atomic E-state index is 12.8. The van der Waals surface area contributed by atoms with Crippen LogP contribution in [0, 0.1) is 5.82 Å². The van der Waals surface area contributed by atoms with Crippen LogP contribution >= 0.6 is 0 Å². The number of ether oxygens (including phenoxy) is 1. The maximum Gasteiger partial charge on any atom is 0.182 e. The number of hydrogen-bond acceptors (Lipinski definition) is 4. The fraction of sp³-hybridized carbons (Fsp3) is 0.600. The molecule has 1 aromatic heterocycles. The van der Waals surface area contributed by atoms with Crippen molar-refractivity contribution in [3.05, 3.63) is 29.8 Å². The number of pyridine rings is 1. The topological polar surface area (TPSA) is 42.4 Å². The standard InChI is InChI=1S/C15H21FN2O2/c1-3-13-10-20-11(2)9-18(13)7-6-15(19)14-5-4-12(16)8-17-14/h4-5,8,11,13H,3,6-7,9-10H2,1-2H3. The lowest BCUT2D eigenvalue weighted by Crippen LogP contribution is -2.49. The van der Waals surface area contributed by atoms with E-state index in [2.05, 4.69) is 16.8 Å². The van der Waals surface area contributed by atoms with Crippen molar-refractivity contribution in [2.75, 3.05) is 19.7 Å². The lowest BCUT2D eigenvalue weighted by Gasteiger charge is -2.38. The zero-order valence-electron chi connectivity index (χ0n) is 12.0. The lowest BCUT2D eigenvalue weighted by atomic mass is 10.1. The number of hydrogen-bond donors (Lipinski definition) is 0. The van der Waals surface area contributed by atoms with Crippen LogP contribution in [0.15, 0.2) is 18.3 Å². The van der Waals surface area contributed by atoms with Gasteiger partial charge in [0, 0.05) is 25.6 Å². The van der Waals surface area contributed by atoms with Gasteiger partial charge < -0.3 is 4.74 Å². The Bertz CT molecular complexity index is 450. The van der Waals surface area contributed by atoms with Crippen molar-refractivity contribution in [3.8, 4) is 0 Å². The van der Waals surface area contributed by atoms with Gasteiger partial charge in [-0.15, -0.1) is 0 Å². The molecule has 4 nitrogen and oxygen atoms in total. The van der Waals surface area contributed by atoms with Gasteiger partial charge in [0.05, 0.1) is 18.9 Å². The Morgan fingerprint density at radius 1 is 1.55 bits per heavy atom. The van der Waals surface area contributed by atoms with Crippen molar-refractivity contribution in [2.24, 2.45) is 0 Å². The molecule has 1 aromatic rings. The van der Waals surface area contributed by atoms with Gasteiger partial charge in [0.25, 0.3) is 0 Å². The van der Waals surface area contributed by atoms with Gasteiger partial charge in [0.15, 0.2) is 5.78 Å². The Kier molecular flexibility index (Phi) is 5.20. The quantitative estimate of drug-likeness (QED) is 0.776. The first-order valence-electron chi connectivity index (χ1n) is 7.10. The Balaban J connectivity index is 1.90. The van der Waals surface area contributed by atoms with Crippen LogP contribution in [0.5, 0.6) is 0 Å². The van der Waals surface area contributed by atoms with E-state index in [1.165, 1.54) is 12.1 Å². The van der Waals surface area contributed by atoms with Crippen molar-refractivity contribution >= 4 is 5.78 Å². The molecule has 0 saturated carbocycles. The third kappa shape index (κ3) is 3.84. The van der Waals surface area contributed by atoms with Crippen LogP contribution in [0.25, 0.3) is 0 Å². The molecular formula is C15H21FN2O2. The van der Waals surface area contributed by atoms with Crippen LogP contribution in [-0.2, 0) is 4.74 Å². The second-order valence-corrected chi connectivity index (χ2v) is 5.24. The molecule has 2 rings (SSSR count).